The summed E-state index contributed by atoms with van der Waals surface area (Å²) in [5.41, 5.74) is 1.69. The zero-order chi connectivity index (χ0) is 19.8. The normalized spacial score (nSPS) is 10.6. The molecule has 0 aliphatic heterocycles. The lowest BCUT2D eigenvalue weighted by Gasteiger charge is -2.09. The van der Waals surface area contributed by atoms with Crippen molar-refractivity contribution in [3.63, 3.8) is 0 Å². The number of esters is 1. The number of hydrogen-bond acceptors (Lipinski definition) is 6. The van der Waals surface area contributed by atoms with Gasteiger partial charge in [-0.25, -0.2) is 4.79 Å². The van der Waals surface area contributed by atoms with Gasteiger partial charge in [0.15, 0.2) is 5.16 Å². The van der Waals surface area contributed by atoms with Crippen molar-refractivity contribution in [1.82, 2.24) is 14.8 Å². The summed E-state index contributed by atoms with van der Waals surface area (Å²) in [6, 6.07) is 17.2. The van der Waals surface area contributed by atoms with Gasteiger partial charge in [-0.3, -0.25) is 0 Å². The van der Waals surface area contributed by atoms with Gasteiger partial charge in [-0.15, -0.1) is 10.2 Å². The highest BCUT2D eigenvalue weighted by Crippen LogP contribution is 2.20. The Balaban J connectivity index is 1.54. The highest BCUT2D eigenvalue weighted by atomic mass is 32.2. The lowest BCUT2D eigenvalue weighted by atomic mass is 10.1. The Hall–Kier alpha value is -2.80. The standard InChI is InChI=1S/C21H23N3O3S/c1-3-24-19(14-16-8-5-4-6-9-16)22-23-21(24)28-13-12-27-18-11-7-10-17(15-18)20(25)26-2/h4-11,15H,3,12-14H2,1-2H3. The summed E-state index contributed by atoms with van der Waals surface area (Å²) in [5.74, 6) is 1.96. The molecule has 0 spiro atoms. The largest absolute Gasteiger partial charge is 0.493 e. The number of methoxy groups -OCH3 is 1. The SMILES string of the molecule is CCn1c(Cc2ccccc2)nnc1SCCOc1cccc(C(=O)OC)c1. The van der Waals surface area contributed by atoms with Crippen LogP contribution in [0.25, 0.3) is 0 Å². The van der Waals surface area contributed by atoms with E-state index in [1.165, 1.54) is 12.7 Å². The van der Waals surface area contributed by atoms with Crippen molar-refractivity contribution in [2.75, 3.05) is 19.5 Å². The minimum absolute atomic E-state index is 0.373. The molecule has 0 radical (unpaired) electrons. The van der Waals surface area contributed by atoms with E-state index < -0.39 is 0 Å². The molecule has 0 atom stereocenters. The Labute approximate surface area is 168 Å². The van der Waals surface area contributed by atoms with Crippen molar-refractivity contribution < 1.29 is 14.3 Å². The molecule has 0 amide bonds. The van der Waals surface area contributed by atoms with E-state index in [0.717, 1.165) is 29.7 Å². The zero-order valence-electron chi connectivity index (χ0n) is 16.0. The number of benzene rings is 2. The molecular weight excluding hydrogens is 374 g/mol. The summed E-state index contributed by atoms with van der Waals surface area (Å²) < 4.78 is 12.6. The number of thioether (sulfide) groups is 1. The van der Waals surface area contributed by atoms with Crippen molar-refractivity contribution in [1.29, 1.82) is 0 Å². The summed E-state index contributed by atoms with van der Waals surface area (Å²) in [5, 5.41) is 9.58. The van der Waals surface area contributed by atoms with Gasteiger partial charge in [0.25, 0.3) is 0 Å². The Morgan fingerprint density at radius 2 is 1.93 bits per heavy atom. The zero-order valence-corrected chi connectivity index (χ0v) is 16.8. The van der Waals surface area contributed by atoms with Gasteiger partial charge in [-0.05, 0) is 30.7 Å². The summed E-state index contributed by atoms with van der Waals surface area (Å²) in [4.78, 5) is 11.6. The minimum Gasteiger partial charge on any atom is -0.493 e. The number of aromatic nitrogens is 3. The van der Waals surface area contributed by atoms with Crippen molar-refractivity contribution in [2.45, 2.75) is 25.0 Å². The van der Waals surface area contributed by atoms with Gasteiger partial charge < -0.3 is 14.0 Å². The fourth-order valence-corrected chi connectivity index (χ4v) is 3.61. The van der Waals surface area contributed by atoms with Crippen LogP contribution in [0.1, 0.15) is 28.7 Å². The maximum Gasteiger partial charge on any atom is 0.337 e. The van der Waals surface area contributed by atoms with Crippen LogP contribution in [0.5, 0.6) is 5.75 Å². The maximum absolute atomic E-state index is 11.6. The first-order chi connectivity index (χ1) is 13.7. The van der Waals surface area contributed by atoms with Crippen LogP contribution in [0, 0.1) is 0 Å². The van der Waals surface area contributed by atoms with E-state index in [1.54, 1.807) is 30.0 Å². The molecule has 0 saturated carbocycles. The molecule has 146 valence electrons. The summed E-state index contributed by atoms with van der Waals surface area (Å²) in [6.45, 7) is 3.41. The molecule has 3 rings (SSSR count). The summed E-state index contributed by atoms with van der Waals surface area (Å²) in [7, 11) is 1.36. The summed E-state index contributed by atoms with van der Waals surface area (Å²) >= 11 is 1.61. The van der Waals surface area contributed by atoms with Crippen LogP contribution in [0.15, 0.2) is 59.8 Å². The molecule has 0 bridgehead atoms. The number of ether oxygens (including phenoxy) is 2. The highest BCUT2D eigenvalue weighted by Gasteiger charge is 2.12. The van der Waals surface area contributed by atoms with Gasteiger partial charge >= 0.3 is 5.97 Å². The molecule has 3 aromatic rings. The van der Waals surface area contributed by atoms with Crippen LogP contribution in [0.4, 0.5) is 0 Å². The third-order valence-corrected chi connectivity index (χ3v) is 5.08. The molecule has 0 saturated heterocycles. The van der Waals surface area contributed by atoms with Crippen LogP contribution in [0.2, 0.25) is 0 Å². The molecule has 0 aliphatic rings. The summed E-state index contributed by atoms with van der Waals surface area (Å²) in [6.07, 6.45) is 0.763. The first-order valence-electron chi connectivity index (χ1n) is 9.11. The second-order valence-electron chi connectivity index (χ2n) is 6.02. The molecule has 0 aliphatic carbocycles. The van der Waals surface area contributed by atoms with E-state index in [9.17, 15) is 4.79 Å². The van der Waals surface area contributed by atoms with E-state index in [0.29, 0.717) is 17.9 Å². The van der Waals surface area contributed by atoms with Crippen LogP contribution in [-0.4, -0.2) is 40.2 Å². The number of carbonyl (C=O) groups excluding carboxylic acids is 1. The van der Waals surface area contributed by atoms with E-state index in [1.807, 2.05) is 24.3 Å². The van der Waals surface area contributed by atoms with Gasteiger partial charge in [-0.1, -0.05) is 48.2 Å². The lowest BCUT2D eigenvalue weighted by Crippen LogP contribution is -2.06. The molecule has 1 heterocycles. The monoisotopic (exact) mass is 397 g/mol. The van der Waals surface area contributed by atoms with Gasteiger partial charge in [0.1, 0.15) is 11.6 Å². The highest BCUT2D eigenvalue weighted by molar-refractivity contribution is 7.99. The van der Waals surface area contributed by atoms with Crippen LogP contribution < -0.4 is 4.74 Å². The third-order valence-electron chi connectivity index (χ3n) is 4.15. The quantitative estimate of drug-likeness (QED) is 0.310. The first kappa shape index (κ1) is 19.9. The van der Waals surface area contributed by atoms with Crippen molar-refractivity contribution in [2.24, 2.45) is 0 Å². The smallest absolute Gasteiger partial charge is 0.337 e. The molecule has 2 aromatic carbocycles. The molecule has 7 heteroatoms. The number of nitrogens with zero attached hydrogens (tertiary/aromatic N) is 3. The fourth-order valence-electron chi connectivity index (χ4n) is 2.78. The molecule has 0 fully saturated rings. The Kier molecular flexibility index (Phi) is 7.08. The van der Waals surface area contributed by atoms with E-state index in [2.05, 4.69) is 33.8 Å². The fraction of sp³-hybridized carbons (Fsp3) is 0.286. The molecule has 6 nitrogen and oxygen atoms in total. The minimum atomic E-state index is -0.373. The molecule has 28 heavy (non-hydrogen) atoms. The van der Waals surface area contributed by atoms with Crippen LogP contribution in [-0.2, 0) is 17.7 Å². The third kappa shape index (κ3) is 5.13. The molecule has 1 aromatic heterocycles. The predicted molar refractivity (Wildman–Crippen MR) is 109 cm³/mol. The second kappa shape index (κ2) is 9.94. The van der Waals surface area contributed by atoms with Crippen LogP contribution in [0.3, 0.4) is 0 Å². The number of rotatable bonds is 9. The van der Waals surface area contributed by atoms with Gasteiger partial charge in [-0.2, -0.15) is 0 Å². The van der Waals surface area contributed by atoms with Gasteiger partial charge in [0.2, 0.25) is 0 Å². The van der Waals surface area contributed by atoms with Crippen molar-refractivity contribution in [3.05, 3.63) is 71.5 Å². The molecule has 0 unspecified atom stereocenters. The van der Waals surface area contributed by atoms with Crippen molar-refractivity contribution >= 4 is 17.7 Å². The Morgan fingerprint density at radius 1 is 1.11 bits per heavy atom. The molecular formula is C21H23N3O3S. The van der Waals surface area contributed by atoms with Crippen molar-refractivity contribution in [3.8, 4) is 5.75 Å². The molecule has 0 N–H and O–H groups in total. The van der Waals surface area contributed by atoms with Gasteiger partial charge in [0, 0.05) is 18.7 Å². The first-order valence-corrected chi connectivity index (χ1v) is 10.1. The number of hydrogen-bond donors (Lipinski definition) is 0. The van der Waals surface area contributed by atoms with E-state index >= 15 is 0 Å². The van der Waals surface area contributed by atoms with Crippen LogP contribution >= 0.6 is 11.8 Å². The number of carbonyl (C=O) groups is 1. The van der Waals surface area contributed by atoms with Gasteiger partial charge in [0.05, 0.1) is 19.3 Å². The topological polar surface area (TPSA) is 66.2 Å². The predicted octanol–water partition coefficient (Wildman–Crippen LogP) is 3.85. The second-order valence-corrected chi connectivity index (χ2v) is 7.08. The maximum atomic E-state index is 11.6. The average Bonchev–Trinajstić information content (AvgIpc) is 3.12. The lowest BCUT2D eigenvalue weighted by molar-refractivity contribution is 0.0600. The van der Waals surface area contributed by atoms with E-state index in [4.69, 9.17) is 9.47 Å². The Morgan fingerprint density at radius 3 is 2.68 bits per heavy atom. The van der Waals surface area contributed by atoms with E-state index in [-0.39, 0.29) is 5.97 Å². The average molecular weight is 398 g/mol. The Bertz CT molecular complexity index is 912.